The molecule has 0 aliphatic carbocycles. The minimum atomic E-state index is 0.108. The van der Waals surface area contributed by atoms with E-state index in [1.165, 1.54) is 0 Å². The van der Waals surface area contributed by atoms with Gasteiger partial charge in [0.1, 0.15) is 11.8 Å². The predicted octanol–water partition coefficient (Wildman–Crippen LogP) is 2.00. The zero-order valence-corrected chi connectivity index (χ0v) is 12.4. The number of hydrogen-bond donors (Lipinski definition) is 1. The first-order valence-corrected chi connectivity index (χ1v) is 6.36. The molecule has 1 aromatic rings. The van der Waals surface area contributed by atoms with Gasteiger partial charge in [0.15, 0.2) is 0 Å². The van der Waals surface area contributed by atoms with Crippen molar-refractivity contribution >= 4 is 0 Å². The van der Waals surface area contributed by atoms with Crippen LogP contribution in [0.25, 0.3) is 0 Å². The molecule has 0 spiro atoms. The fourth-order valence-electron chi connectivity index (χ4n) is 1.61. The number of benzene rings is 1. The summed E-state index contributed by atoms with van der Waals surface area (Å²) in [5.41, 5.74) is 1.79. The maximum Gasteiger partial charge on any atom is 0.136 e. The lowest BCUT2D eigenvalue weighted by Crippen LogP contribution is -2.46. The van der Waals surface area contributed by atoms with Crippen LogP contribution in [0.5, 0.6) is 5.75 Å². The predicted molar refractivity (Wildman–Crippen MR) is 77.2 cm³/mol. The first-order valence-electron chi connectivity index (χ1n) is 6.36. The summed E-state index contributed by atoms with van der Waals surface area (Å²) in [4.78, 5) is 2.19. The van der Waals surface area contributed by atoms with E-state index in [0.29, 0.717) is 11.3 Å². The minimum Gasteiger partial charge on any atom is -0.495 e. The molecule has 104 valence electrons. The number of likely N-dealkylation sites (N-methyl/N-ethyl adjacent to an activating group) is 1. The molecule has 1 aromatic carbocycles. The smallest absolute Gasteiger partial charge is 0.136 e. The minimum absolute atomic E-state index is 0.108. The molecular formula is C15H23N3O. The van der Waals surface area contributed by atoms with Crippen LogP contribution in [0, 0.1) is 11.3 Å². The van der Waals surface area contributed by atoms with E-state index in [4.69, 9.17) is 10.00 Å². The van der Waals surface area contributed by atoms with E-state index in [1.54, 1.807) is 13.2 Å². The Morgan fingerprint density at radius 1 is 1.37 bits per heavy atom. The Hall–Kier alpha value is -1.57. The van der Waals surface area contributed by atoms with Gasteiger partial charge in [-0.3, -0.25) is 0 Å². The zero-order chi connectivity index (χ0) is 14.5. The van der Waals surface area contributed by atoms with Crippen LogP contribution in [0.1, 0.15) is 25.0 Å². The van der Waals surface area contributed by atoms with Crippen molar-refractivity contribution in [1.82, 2.24) is 10.2 Å². The average Bonchev–Trinajstić information content (AvgIpc) is 2.38. The van der Waals surface area contributed by atoms with E-state index in [-0.39, 0.29) is 5.54 Å². The number of ether oxygens (including phenoxy) is 1. The van der Waals surface area contributed by atoms with Crippen LogP contribution in [0.3, 0.4) is 0 Å². The topological polar surface area (TPSA) is 48.3 Å². The molecule has 0 aliphatic heterocycles. The Labute approximate surface area is 116 Å². The summed E-state index contributed by atoms with van der Waals surface area (Å²) in [6.45, 7) is 6.04. The van der Waals surface area contributed by atoms with Gasteiger partial charge < -0.3 is 15.0 Å². The van der Waals surface area contributed by atoms with Gasteiger partial charge in [0.25, 0.3) is 0 Å². The second kappa shape index (κ2) is 6.55. The Bertz CT molecular complexity index is 461. The summed E-state index contributed by atoms with van der Waals surface area (Å²) in [5, 5.41) is 12.4. The fourth-order valence-corrected chi connectivity index (χ4v) is 1.61. The first kappa shape index (κ1) is 15.5. The molecule has 0 aliphatic rings. The zero-order valence-electron chi connectivity index (χ0n) is 12.4. The van der Waals surface area contributed by atoms with Gasteiger partial charge in [0, 0.05) is 18.6 Å². The number of nitriles is 1. The third-order valence-corrected chi connectivity index (χ3v) is 3.48. The summed E-state index contributed by atoms with van der Waals surface area (Å²) in [5.74, 6) is 0.633. The van der Waals surface area contributed by atoms with Crippen molar-refractivity contribution in [2.24, 2.45) is 0 Å². The van der Waals surface area contributed by atoms with Crippen molar-refractivity contribution in [1.29, 1.82) is 5.26 Å². The van der Waals surface area contributed by atoms with Crippen LogP contribution in [0.15, 0.2) is 18.2 Å². The highest BCUT2D eigenvalue weighted by atomic mass is 16.5. The van der Waals surface area contributed by atoms with Crippen LogP contribution in [-0.2, 0) is 6.54 Å². The molecule has 0 unspecified atom stereocenters. The van der Waals surface area contributed by atoms with Gasteiger partial charge >= 0.3 is 0 Å². The van der Waals surface area contributed by atoms with E-state index in [1.807, 2.05) is 12.1 Å². The first-order chi connectivity index (χ1) is 8.90. The van der Waals surface area contributed by atoms with Crippen LogP contribution in [0.4, 0.5) is 0 Å². The molecular weight excluding hydrogens is 238 g/mol. The van der Waals surface area contributed by atoms with Gasteiger partial charge in [-0.2, -0.15) is 5.26 Å². The third kappa shape index (κ3) is 4.23. The quantitative estimate of drug-likeness (QED) is 0.851. The summed E-state index contributed by atoms with van der Waals surface area (Å²) in [6, 6.07) is 7.78. The molecule has 0 saturated heterocycles. The standard InChI is InChI=1S/C15H23N3O/c1-15(2,18(3)4)11-17-10-12-6-7-13(9-16)14(8-12)19-5/h6-8,17H,10-11H2,1-5H3. The van der Waals surface area contributed by atoms with Crippen molar-refractivity contribution in [2.45, 2.75) is 25.9 Å². The van der Waals surface area contributed by atoms with Crippen LogP contribution in [0.2, 0.25) is 0 Å². The lowest BCUT2D eigenvalue weighted by Gasteiger charge is -2.32. The molecule has 1 N–H and O–H groups in total. The number of nitrogens with zero attached hydrogens (tertiary/aromatic N) is 2. The van der Waals surface area contributed by atoms with E-state index in [9.17, 15) is 0 Å². The molecule has 0 heterocycles. The highest BCUT2D eigenvalue weighted by Gasteiger charge is 2.19. The van der Waals surface area contributed by atoms with Gasteiger partial charge in [-0.05, 0) is 45.6 Å². The monoisotopic (exact) mass is 261 g/mol. The van der Waals surface area contributed by atoms with Crippen molar-refractivity contribution in [3.63, 3.8) is 0 Å². The van der Waals surface area contributed by atoms with Crippen LogP contribution >= 0.6 is 0 Å². The maximum absolute atomic E-state index is 8.93. The number of hydrogen-bond acceptors (Lipinski definition) is 4. The molecule has 0 atom stereocenters. The van der Waals surface area contributed by atoms with Crippen LogP contribution < -0.4 is 10.1 Å². The normalized spacial score (nSPS) is 11.4. The highest BCUT2D eigenvalue weighted by Crippen LogP contribution is 2.19. The van der Waals surface area contributed by atoms with Gasteiger partial charge in [0.2, 0.25) is 0 Å². The number of methoxy groups -OCH3 is 1. The average molecular weight is 261 g/mol. The molecule has 0 saturated carbocycles. The van der Waals surface area contributed by atoms with Crippen molar-refractivity contribution in [2.75, 3.05) is 27.7 Å². The van der Waals surface area contributed by atoms with Gasteiger partial charge in [-0.25, -0.2) is 0 Å². The fraction of sp³-hybridized carbons (Fsp3) is 0.533. The highest BCUT2D eigenvalue weighted by molar-refractivity contribution is 5.45. The van der Waals surface area contributed by atoms with Crippen molar-refractivity contribution in [3.05, 3.63) is 29.3 Å². The second-order valence-electron chi connectivity index (χ2n) is 5.46. The van der Waals surface area contributed by atoms with Crippen molar-refractivity contribution in [3.8, 4) is 11.8 Å². The largest absolute Gasteiger partial charge is 0.495 e. The van der Waals surface area contributed by atoms with Crippen LogP contribution in [-0.4, -0.2) is 38.2 Å². The number of rotatable bonds is 6. The van der Waals surface area contributed by atoms with Gasteiger partial charge in [-0.15, -0.1) is 0 Å². The summed E-state index contributed by atoms with van der Waals surface area (Å²) >= 11 is 0. The third-order valence-electron chi connectivity index (χ3n) is 3.48. The summed E-state index contributed by atoms with van der Waals surface area (Å²) < 4.78 is 5.20. The van der Waals surface area contributed by atoms with E-state index < -0.39 is 0 Å². The molecule has 1 rings (SSSR count). The van der Waals surface area contributed by atoms with E-state index >= 15 is 0 Å². The Morgan fingerprint density at radius 2 is 2.05 bits per heavy atom. The van der Waals surface area contributed by atoms with E-state index in [2.05, 4.69) is 44.2 Å². The Balaban J connectivity index is 2.62. The Kier molecular flexibility index (Phi) is 5.34. The SMILES string of the molecule is COc1cc(CNCC(C)(C)N(C)C)ccc1C#N. The van der Waals surface area contributed by atoms with Crippen molar-refractivity contribution < 1.29 is 4.74 Å². The molecule has 0 radical (unpaired) electrons. The lowest BCUT2D eigenvalue weighted by molar-refractivity contribution is 0.190. The molecule has 4 nitrogen and oxygen atoms in total. The summed E-state index contributed by atoms with van der Waals surface area (Å²) in [6.07, 6.45) is 0. The van der Waals surface area contributed by atoms with Gasteiger partial charge in [-0.1, -0.05) is 6.07 Å². The molecule has 0 bridgehead atoms. The Morgan fingerprint density at radius 3 is 2.58 bits per heavy atom. The van der Waals surface area contributed by atoms with Gasteiger partial charge in [0.05, 0.1) is 12.7 Å². The lowest BCUT2D eigenvalue weighted by atomic mass is 10.0. The molecule has 19 heavy (non-hydrogen) atoms. The van der Waals surface area contributed by atoms with E-state index in [0.717, 1.165) is 18.7 Å². The number of nitrogens with one attached hydrogen (secondary N) is 1. The summed E-state index contributed by atoms with van der Waals surface area (Å²) in [7, 11) is 5.74. The molecule has 0 fully saturated rings. The maximum atomic E-state index is 8.93. The molecule has 0 aromatic heterocycles. The second-order valence-corrected chi connectivity index (χ2v) is 5.46. The molecule has 4 heteroatoms. The molecule has 0 amide bonds.